The van der Waals surface area contributed by atoms with Gasteiger partial charge in [0.1, 0.15) is 0 Å². The van der Waals surface area contributed by atoms with E-state index in [1.807, 2.05) is 0 Å². The lowest BCUT2D eigenvalue weighted by Crippen LogP contribution is -2.45. The number of nitrogens with one attached hydrogen (secondary N) is 1. The van der Waals surface area contributed by atoms with Crippen LogP contribution in [0.3, 0.4) is 0 Å². The van der Waals surface area contributed by atoms with E-state index in [-0.39, 0.29) is 6.10 Å². The van der Waals surface area contributed by atoms with Crippen molar-refractivity contribution in [3.8, 4) is 0 Å². The molecular weight excluding hydrogens is 186 g/mol. The van der Waals surface area contributed by atoms with Gasteiger partial charge in [-0.15, -0.1) is 0 Å². The molecule has 2 nitrogen and oxygen atoms in total. The van der Waals surface area contributed by atoms with Crippen LogP contribution in [0.2, 0.25) is 0 Å². The highest BCUT2D eigenvalue weighted by Gasteiger charge is 2.28. The van der Waals surface area contributed by atoms with E-state index >= 15 is 0 Å². The minimum atomic E-state index is -0.0870. The average molecular weight is 211 g/mol. The van der Waals surface area contributed by atoms with Gasteiger partial charge < -0.3 is 10.4 Å². The van der Waals surface area contributed by atoms with Crippen molar-refractivity contribution in [2.45, 2.75) is 76.5 Å². The highest BCUT2D eigenvalue weighted by molar-refractivity contribution is 4.87. The molecule has 2 N–H and O–H groups in total. The van der Waals surface area contributed by atoms with Gasteiger partial charge in [-0.05, 0) is 44.9 Å². The predicted octanol–water partition coefficient (Wildman–Crippen LogP) is 2.46. The summed E-state index contributed by atoms with van der Waals surface area (Å²) < 4.78 is 0. The van der Waals surface area contributed by atoms with Gasteiger partial charge >= 0.3 is 0 Å². The van der Waals surface area contributed by atoms with Crippen LogP contribution in [0.25, 0.3) is 0 Å². The molecule has 2 heteroatoms. The molecule has 2 aliphatic carbocycles. The van der Waals surface area contributed by atoms with Gasteiger partial charge in [-0.3, -0.25) is 0 Å². The van der Waals surface area contributed by atoms with Gasteiger partial charge in [0.05, 0.1) is 6.10 Å². The molecule has 0 bridgehead atoms. The molecule has 0 radical (unpaired) electrons. The maximum atomic E-state index is 9.77. The molecule has 88 valence electrons. The molecular formula is C13H25NO. The fourth-order valence-corrected chi connectivity index (χ4v) is 3.24. The van der Waals surface area contributed by atoms with Crippen LogP contribution in [-0.4, -0.2) is 23.3 Å². The Morgan fingerprint density at radius 3 is 2.33 bits per heavy atom. The molecule has 0 aromatic carbocycles. The number of hydrogen-bond donors (Lipinski definition) is 2. The van der Waals surface area contributed by atoms with E-state index in [9.17, 15) is 5.11 Å². The van der Waals surface area contributed by atoms with E-state index in [0.717, 1.165) is 18.8 Å². The van der Waals surface area contributed by atoms with E-state index in [1.165, 1.54) is 38.5 Å². The van der Waals surface area contributed by atoms with Gasteiger partial charge in [0.15, 0.2) is 0 Å². The van der Waals surface area contributed by atoms with Gasteiger partial charge in [-0.2, -0.15) is 0 Å². The summed E-state index contributed by atoms with van der Waals surface area (Å²) in [6.07, 6.45) is 10.3. The Labute approximate surface area is 93.5 Å². The van der Waals surface area contributed by atoms with Crippen molar-refractivity contribution in [2.75, 3.05) is 0 Å². The van der Waals surface area contributed by atoms with E-state index in [2.05, 4.69) is 12.2 Å². The highest BCUT2D eigenvalue weighted by Crippen LogP contribution is 2.28. The number of aliphatic hydroxyl groups excluding tert-OH is 1. The Kier molecular flexibility index (Phi) is 4.04. The van der Waals surface area contributed by atoms with Crippen molar-refractivity contribution in [2.24, 2.45) is 5.92 Å². The van der Waals surface area contributed by atoms with Gasteiger partial charge in [-0.25, -0.2) is 0 Å². The SMILES string of the molecule is C[C@@H](NC1CCCC1O)C1CCCCC1. The van der Waals surface area contributed by atoms with Crippen LogP contribution in [0.4, 0.5) is 0 Å². The monoisotopic (exact) mass is 211 g/mol. The van der Waals surface area contributed by atoms with Crippen LogP contribution in [0, 0.1) is 5.92 Å². The average Bonchev–Trinajstić information content (AvgIpc) is 2.66. The van der Waals surface area contributed by atoms with Crippen LogP contribution in [0.1, 0.15) is 58.3 Å². The van der Waals surface area contributed by atoms with E-state index in [1.54, 1.807) is 0 Å². The molecule has 3 atom stereocenters. The first-order valence-corrected chi connectivity index (χ1v) is 6.71. The molecule has 15 heavy (non-hydrogen) atoms. The summed E-state index contributed by atoms with van der Waals surface area (Å²) in [5.41, 5.74) is 0. The quantitative estimate of drug-likeness (QED) is 0.751. The maximum absolute atomic E-state index is 9.77. The first kappa shape index (κ1) is 11.4. The van der Waals surface area contributed by atoms with Crippen molar-refractivity contribution in [3.05, 3.63) is 0 Å². The first-order valence-electron chi connectivity index (χ1n) is 6.71. The highest BCUT2D eigenvalue weighted by atomic mass is 16.3. The molecule has 0 heterocycles. The standard InChI is InChI=1S/C13H25NO/c1-10(11-6-3-2-4-7-11)14-12-8-5-9-13(12)15/h10-15H,2-9H2,1H3/t10-,12?,13?/m1/s1. The first-order chi connectivity index (χ1) is 7.27. The van der Waals surface area contributed by atoms with Gasteiger partial charge in [0, 0.05) is 12.1 Å². The molecule has 2 aliphatic rings. The summed E-state index contributed by atoms with van der Waals surface area (Å²) in [7, 11) is 0. The van der Waals surface area contributed by atoms with Crippen LogP contribution in [0.15, 0.2) is 0 Å². The Morgan fingerprint density at radius 1 is 1.00 bits per heavy atom. The third kappa shape index (κ3) is 2.94. The zero-order chi connectivity index (χ0) is 10.7. The predicted molar refractivity (Wildman–Crippen MR) is 62.8 cm³/mol. The van der Waals surface area contributed by atoms with Crippen molar-refractivity contribution in [3.63, 3.8) is 0 Å². The Balaban J connectivity index is 1.77. The van der Waals surface area contributed by atoms with Crippen molar-refractivity contribution in [1.82, 2.24) is 5.32 Å². The lowest BCUT2D eigenvalue weighted by Gasteiger charge is -2.31. The summed E-state index contributed by atoms with van der Waals surface area (Å²) in [5, 5.41) is 13.4. The van der Waals surface area contributed by atoms with Crippen molar-refractivity contribution in [1.29, 1.82) is 0 Å². The van der Waals surface area contributed by atoms with E-state index in [0.29, 0.717) is 12.1 Å². The summed E-state index contributed by atoms with van der Waals surface area (Å²) >= 11 is 0. The second-order valence-corrected chi connectivity index (χ2v) is 5.46. The van der Waals surface area contributed by atoms with Gasteiger partial charge in [0.2, 0.25) is 0 Å². The Bertz CT molecular complexity index is 189. The van der Waals surface area contributed by atoms with Crippen molar-refractivity contribution >= 4 is 0 Å². The summed E-state index contributed by atoms with van der Waals surface area (Å²) in [6.45, 7) is 2.31. The largest absolute Gasteiger partial charge is 0.392 e. The molecule has 2 fully saturated rings. The number of rotatable bonds is 3. The smallest absolute Gasteiger partial charge is 0.0693 e. The van der Waals surface area contributed by atoms with Crippen LogP contribution >= 0.6 is 0 Å². The topological polar surface area (TPSA) is 32.3 Å². The summed E-state index contributed by atoms with van der Waals surface area (Å²) in [5.74, 6) is 0.853. The fourth-order valence-electron chi connectivity index (χ4n) is 3.24. The van der Waals surface area contributed by atoms with E-state index in [4.69, 9.17) is 0 Å². The van der Waals surface area contributed by atoms with Gasteiger partial charge in [-0.1, -0.05) is 19.3 Å². The molecule has 0 saturated heterocycles. The number of aliphatic hydroxyl groups is 1. The molecule has 0 aromatic rings. The third-order valence-corrected chi connectivity index (χ3v) is 4.31. The van der Waals surface area contributed by atoms with E-state index < -0.39 is 0 Å². The van der Waals surface area contributed by atoms with Crippen LogP contribution in [0.5, 0.6) is 0 Å². The molecule has 2 rings (SSSR count). The molecule has 0 spiro atoms. The summed E-state index contributed by atoms with van der Waals surface area (Å²) in [4.78, 5) is 0. The van der Waals surface area contributed by atoms with Crippen LogP contribution < -0.4 is 5.32 Å². The molecule has 0 aromatic heterocycles. The minimum absolute atomic E-state index is 0.0870. The lowest BCUT2D eigenvalue weighted by molar-refractivity contribution is 0.133. The van der Waals surface area contributed by atoms with Crippen LogP contribution in [-0.2, 0) is 0 Å². The number of hydrogen-bond acceptors (Lipinski definition) is 2. The molecule has 0 amide bonds. The van der Waals surface area contributed by atoms with Gasteiger partial charge in [0.25, 0.3) is 0 Å². The minimum Gasteiger partial charge on any atom is -0.392 e. The lowest BCUT2D eigenvalue weighted by atomic mass is 9.84. The second kappa shape index (κ2) is 5.31. The zero-order valence-electron chi connectivity index (χ0n) is 9.91. The molecule has 2 unspecified atom stereocenters. The Hall–Kier alpha value is -0.0800. The Morgan fingerprint density at radius 2 is 1.73 bits per heavy atom. The second-order valence-electron chi connectivity index (χ2n) is 5.46. The molecule has 2 saturated carbocycles. The normalized spacial score (nSPS) is 35.6. The van der Waals surface area contributed by atoms with Crippen molar-refractivity contribution < 1.29 is 5.11 Å². The zero-order valence-corrected chi connectivity index (χ0v) is 9.91. The third-order valence-electron chi connectivity index (χ3n) is 4.31. The maximum Gasteiger partial charge on any atom is 0.0693 e. The molecule has 0 aliphatic heterocycles. The fraction of sp³-hybridized carbons (Fsp3) is 1.00. The summed E-state index contributed by atoms with van der Waals surface area (Å²) in [6, 6.07) is 0.977.